The highest BCUT2D eigenvalue weighted by atomic mass is 16.1. The Morgan fingerprint density at radius 2 is 2.10 bits per heavy atom. The standard InChI is InChI=1S/C17H23N3O/c1-12-14-5-3-4-6-15(14)20(2)16(12)11-18-10-9-17(21)19-13-7-8-13/h3-6,13,18H,7-11H2,1-2H3,(H,19,21). The van der Waals surface area contributed by atoms with Gasteiger partial charge in [0.15, 0.2) is 0 Å². The van der Waals surface area contributed by atoms with Crippen molar-refractivity contribution in [3.05, 3.63) is 35.5 Å². The van der Waals surface area contributed by atoms with Gasteiger partial charge in [0.2, 0.25) is 5.91 Å². The third-order valence-corrected chi connectivity index (χ3v) is 4.27. The minimum absolute atomic E-state index is 0.166. The molecule has 1 aliphatic carbocycles. The quantitative estimate of drug-likeness (QED) is 0.800. The summed E-state index contributed by atoms with van der Waals surface area (Å²) in [6, 6.07) is 8.92. The van der Waals surface area contributed by atoms with E-state index in [0.29, 0.717) is 12.5 Å². The van der Waals surface area contributed by atoms with Crippen molar-refractivity contribution in [3.63, 3.8) is 0 Å². The van der Waals surface area contributed by atoms with Crippen LogP contribution >= 0.6 is 0 Å². The van der Waals surface area contributed by atoms with E-state index in [1.807, 2.05) is 0 Å². The van der Waals surface area contributed by atoms with E-state index in [-0.39, 0.29) is 5.91 Å². The summed E-state index contributed by atoms with van der Waals surface area (Å²) in [5.74, 6) is 0.166. The number of hydrogen-bond acceptors (Lipinski definition) is 2. The van der Waals surface area contributed by atoms with Crippen molar-refractivity contribution in [3.8, 4) is 0 Å². The van der Waals surface area contributed by atoms with Crippen LogP contribution in [0, 0.1) is 6.92 Å². The molecule has 0 unspecified atom stereocenters. The highest BCUT2D eigenvalue weighted by Gasteiger charge is 2.22. The summed E-state index contributed by atoms with van der Waals surface area (Å²) in [5.41, 5.74) is 3.88. The van der Waals surface area contributed by atoms with Gasteiger partial charge in [0.05, 0.1) is 0 Å². The Hall–Kier alpha value is -1.81. The zero-order valence-corrected chi connectivity index (χ0v) is 12.8. The molecule has 0 saturated heterocycles. The van der Waals surface area contributed by atoms with Crippen LogP contribution < -0.4 is 10.6 Å². The van der Waals surface area contributed by atoms with Gasteiger partial charge >= 0.3 is 0 Å². The number of aryl methyl sites for hydroxylation is 2. The summed E-state index contributed by atoms with van der Waals surface area (Å²) in [5, 5.41) is 7.71. The molecule has 112 valence electrons. The molecule has 4 nitrogen and oxygen atoms in total. The van der Waals surface area contributed by atoms with Crippen molar-refractivity contribution in [2.24, 2.45) is 7.05 Å². The second kappa shape index (κ2) is 5.90. The highest BCUT2D eigenvalue weighted by Crippen LogP contribution is 2.24. The van der Waals surface area contributed by atoms with E-state index in [0.717, 1.165) is 25.9 Å². The Kier molecular flexibility index (Phi) is 3.97. The molecule has 1 aliphatic rings. The average Bonchev–Trinajstić information content (AvgIpc) is 3.26. The van der Waals surface area contributed by atoms with Gasteiger partial charge in [-0.05, 0) is 31.4 Å². The number of carbonyl (C=O) groups is 1. The molecule has 3 rings (SSSR count). The van der Waals surface area contributed by atoms with Crippen LogP contribution in [0.1, 0.15) is 30.5 Å². The average molecular weight is 285 g/mol. The highest BCUT2D eigenvalue weighted by molar-refractivity contribution is 5.85. The summed E-state index contributed by atoms with van der Waals surface area (Å²) >= 11 is 0. The number of carbonyl (C=O) groups excluding carboxylic acids is 1. The number of para-hydroxylation sites is 1. The molecular weight excluding hydrogens is 262 g/mol. The van der Waals surface area contributed by atoms with E-state index >= 15 is 0 Å². The number of hydrogen-bond donors (Lipinski definition) is 2. The molecule has 1 aromatic carbocycles. The van der Waals surface area contributed by atoms with E-state index in [4.69, 9.17) is 0 Å². The smallest absolute Gasteiger partial charge is 0.221 e. The van der Waals surface area contributed by atoms with Gasteiger partial charge in [0.25, 0.3) is 0 Å². The van der Waals surface area contributed by atoms with E-state index in [2.05, 4.69) is 53.4 Å². The van der Waals surface area contributed by atoms with Crippen molar-refractivity contribution < 1.29 is 4.79 Å². The van der Waals surface area contributed by atoms with Gasteiger partial charge in [-0.3, -0.25) is 4.79 Å². The first-order valence-corrected chi connectivity index (χ1v) is 7.70. The largest absolute Gasteiger partial charge is 0.353 e. The second-order valence-electron chi connectivity index (χ2n) is 5.92. The van der Waals surface area contributed by atoms with Crippen LogP contribution in [0.25, 0.3) is 10.9 Å². The lowest BCUT2D eigenvalue weighted by molar-refractivity contribution is -0.121. The lowest BCUT2D eigenvalue weighted by atomic mass is 10.1. The van der Waals surface area contributed by atoms with Crippen LogP contribution in [0.4, 0.5) is 0 Å². The van der Waals surface area contributed by atoms with Crippen molar-refractivity contribution in [2.75, 3.05) is 6.54 Å². The molecule has 2 aromatic rings. The molecule has 1 saturated carbocycles. The fourth-order valence-electron chi connectivity index (χ4n) is 2.82. The number of fused-ring (bicyclic) bond motifs is 1. The van der Waals surface area contributed by atoms with Crippen molar-refractivity contribution in [1.82, 2.24) is 15.2 Å². The monoisotopic (exact) mass is 285 g/mol. The zero-order valence-electron chi connectivity index (χ0n) is 12.8. The van der Waals surface area contributed by atoms with Crippen molar-refractivity contribution in [1.29, 1.82) is 0 Å². The van der Waals surface area contributed by atoms with Gasteiger partial charge in [-0.1, -0.05) is 18.2 Å². The number of nitrogens with zero attached hydrogens (tertiary/aromatic N) is 1. The first-order valence-electron chi connectivity index (χ1n) is 7.70. The SMILES string of the molecule is Cc1c(CNCCC(=O)NC2CC2)n(C)c2ccccc12. The number of nitrogens with one attached hydrogen (secondary N) is 2. The van der Waals surface area contributed by atoms with Crippen LogP contribution in [0.2, 0.25) is 0 Å². The number of amides is 1. The molecule has 0 radical (unpaired) electrons. The minimum Gasteiger partial charge on any atom is -0.353 e. The van der Waals surface area contributed by atoms with Crippen LogP contribution in [0.15, 0.2) is 24.3 Å². The van der Waals surface area contributed by atoms with Gasteiger partial charge in [-0.25, -0.2) is 0 Å². The first kappa shape index (κ1) is 14.1. The summed E-state index contributed by atoms with van der Waals surface area (Å²) in [7, 11) is 2.10. The molecule has 0 spiro atoms. The molecule has 1 amide bonds. The van der Waals surface area contributed by atoms with Gasteiger partial charge in [-0.2, -0.15) is 0 Å². The number of rotatable bonds is 6. The summed E-state index contributed by atoms with van der Waals surface area (Å²) in [6.45, 7) is 3.69. The Morgan fingerprint density at radius 1 is 1.33 bits per heavy atom. The number of aromatic nitrogens is 1. The number of benzene rings is 1. The van der Waals surface area contributed by atoms with E-state index in [1.54, 1.807) is 0 Å². The molecule has 1 aromatic heterocycles. The van der Waals surface area contributed by atoms with Gasteiger partial charge < -0.3 is 15.2 Å². The van der Waals surface area contributed by atoms with Crippen LogP contribution in [0.3, 0.4) is 0 Å². The van der Waals surface area contributed by atoms with Gasteiger partial charge in [-0.15, -0.1) is 0 Å². The van der Waals surface area contributed by atoms with Gasteiger partial charge in [0.1, 0.15) is 0 Å². The van der Waals surface area contributed by atoms with Crippen LogP contribution in [-0.2, 0) is 18.4 Å². The maximum Gasteiger partial charge on any atom is 0.221 e. The maximum absolute atomic E-state index is 11.6. The van der Waals surface area contributed by atoms with E-state index in [9.17, 15) is 4.79 Å². The first-order chi connectivity index (χ1) is 10.2. The topological polar surface area (TPSA) is 46.1 Å². The van der Waals surface area contributed by atoms with Crippen LogP contribution in [0.5, 0.6) is 0 Å². The van der Waals surface area contributed by atoms with Crippen molar-refractivity contribution >= 4 is 16.8 Å². The lowest BCUT2D eigenvalue weighted by Crippen LogP contribution is -2.29. The Balaban J connectivity index is 1.56. The van der Waals surface area contributed by atoms with E-state index in [1.165, 1.54) is 22.2 Å². The lowest BCUT2D eigenvalue weighted by Gasteiger charge is -2.08. The minimum atomic E-state index is 0.166. The molecule has 21 heavy (non-hydrogen) atoms. The third kappa shape index (κ3) is 3.10. The van der Waals surface area contributed by atoms with Gasteiger partial charge in [0, 0.05) is 49.2 Å². The predicted molar refractivity (Wildman–Crippen MR) is 85.1 cm³/mol. The molecular formula is C17H23N3O. The molecule has 0 aliphatic heterocycles. The third-order valence-electron chi connectivity index (χ3n) is 4.27. The Bertz CT molecular complexity index is 616. The second-order valence-corrected chi connectivity index (χ2v) is 5.92. The summed E-state index contributed by atoms with van der Waals surface area (Å²) < 4.78 is 2.24. The zero-order chi connectivity index (χ0) is 14.8. The molecule has 0 bridgehead atoms. The maximum atomic E-state index is 11.6. The predicted octanol–water partition coefficient (Wildman–Crippen LogP) is 2.25. The molecule has 2 N–H and O–H groups in total. The molecule has 4 heteroatoms. The van der Waals surface area contributed by atoms with Crippen molar-refractivity contribution in [2.45, 2.75) is 38.8 Å². The molecule has 0 atom stereocenters. The fraction of sp³-hybridized carbons (Fsp3) is 0.471. The Labute approximate surface area is 125 Å². The van der Waals surface area contributed by atoms with Crippen LogP contribution in [-0.4, -0.2) is 23.1 Å². The molecule has 1 heterocycles. The normalized spacial score (nSPS) is 14.6. The molecule has 1 fully saturated rings. The summed E-state index contributed by atoms with van der Waals surface area (Å²) in [6.07, 6.45) is 2.85. The van der Waals surface area contributed by atoms with E-state index < -0.39 is 0 Å². The fourth-order valence-corrected chi connectivity index (χ4v) is 2.82. The summed E-state index contributed by atoms with van der Waals surface area (Å²) in [4.78, 5) is 11.6. The Morgan fingerprint density at radius 3 is 2.81 bits per heavy atom.